The number of rotatable bonds is 5. The summed E-state index contributed by atoms with van der Waals surface area (Å²) in [5.41, 5.74) is 0.855. The van der Waals surface area contributed by atoms with Crippen LogP contribution in [0.15, 0.2) is 24.4 Å². The van der Waals surface area contributed by atoms with Crippen molar-refractivity contribution in [2.75, 3.05) is 13.2 Å². The van der Waals surface area contributed by atoms with Gasteiger partial charge in [-0.1, -0.05) is 6.07 Å². The quantitative estimate of drug-likeness (QED) is 0.813. The van der Waals surface area contributed by atoms with E-state index in [9.17, 15) is 4.79 Å². The van der Waals surface area contributed by atoms with Gasteiger partial charge in [0.1, 0.15) is 5.82 Å². The van der Waals surface area contributed by atoms with Crippen LogP contribution in [-0.2, 0) is 11.2 Å². The molecular weight excluding hydrogens is 318 g/mol. The van der Waals surface area contributed by atoms with Gasteiger partial charge in [-0.25, -0.2) is 4.79 Å². The predicted octanol–water partition coefficient (Wildman–Crippen LogP) is 1.92. The van der Waals surface area contributed by atoms with Crippen molar-refractivity contribution in [3.63, 3.8) is 0 Å². The molecule has 1 saturated carbocycles. The Labute approximate surface area is 147 Å². The fourth-order valence-corrected chi connectivity index (χ4v) is 4.08. The van der Waals surface area contributed by atoms with E-state index in [1.165, 1.54) is 0 Å². The van der Waals surface area contributed by atoms with Gasteiger partial charge in [0.2, 0.25) is 0 Å². The molecule has 0 radical (unpaired) electrons. The fraction of sp³-hybridized carbons (Fsp3) is 0.611. The van der Waals surface area contributed by atoms with E-state index in [1.807, 2.05) is 28.8 Å². The smallest absolute Gasteiger partial charge is 0.315 e. The maximum Gasteiger partial charge on any atom is 0.315 e. The molecule has 2 aromatic rings. The lowest BCUT2D eigenvalue weighted by atomic mass is 9.82. The lowest BCUT2D eigenvalue weighted by Crippen LogP contribution is -2.49. The molecule has 134 valence electrons. The number of aryl methyl sites for hydroxylation is 1. The van der Waals surface area contributed by atoms with Crippen molar-refractivity contribution in [3.8, 4) is 0 Å². The van der Waals surface area contributed by atoms with Gasteiger partial charge in [-0.05, 0) is 44.2 Å². The van der Waals surface area contributed by atoms with Gasteiger partial charge in [-0.2, -0.15) is 0 Å². The van der Waals surface area contributed by atoms with Crippen LogP contribution in [0.4, 0.5) is 4.79 Å². The maximum atomic E-state index is 12.2. The van der Waals surface area contributed by atoms with Gasteiger partial charge >= 0.3 is 6.03 Å². The Kier molecular flexibility index (Phi) is 4.83. The molecule has 2 aliphatic rings. The number of pyridine rings is 1. The molecule has 0 bridgehead atoms. The molecule has 7 nitrogen and oxygen atoms in total. The summed E-state index contributed by atoms with van der Waals surface area (Å²) in [6, 6.07) is 6.04. The van der Waals surface area contributed by atoms with Gasteiger partial charge in [0.25, 0.3) is 0 Å². The van der Waals surface area contributed by atoms with E-state index in [4.69, 9.17) is 4.74 Å². The lowest BCUT2D eigenvalue weighted by Gasteiger charge is -2.33. The minimum absolute atomic E-state index is 0.0661. The average Bonchev–Trinajstić information content (AvgIpc) is 3.26. The van der Waals surface area contributed by atoms with Crippen molar-refractivity contribution in [1.29, 1.82) is 0 Å². The summed E-state index contributed by atoms with van der Waals surface area (Å²) < 4.78 is 7.75. The molecule has 25 heavy (non-hydrogen) atoms. The summed E-state index contributed by atoms with van der Waals surface area (Å²) in [6.45, 7) is 1.46. The SMILES string of the molecule is O=C(NCCCc1nnc2ccccn12)N[C@@H]1CCC[C@H]2OCC[C@@H]12. The summed E-state index contributed by atoms with van der Waals surface area (Å²) >= 11 is 0. The first kappa shape index (κ1) is 16.3. The Hall–Kier alpha value is -2.15. The Morgan fingerprint density at radius 3 is 3.20 bits per heavy atom. The van der Waals surface area contributed by atoms with E-state index >= 15 is 0 Å². The van der Waals surface area contributed by atoms with Crippen LogP contribution in [0.3, 0.4) is 0 Å². The molecule has 0 unspecified atom stereocenters. The highest BCUT2D eigenvalue weighted by Crippen LogP contribution is 2.34. The highest BCUT2D eigenvalue weighted by atomic mass is 16.5. The van der Waals surface area contributed by atoms with E-state index in [2.05, 4.69) is 20.8 Å². The van der Waals surface area contributed by atoms with Crippen molar-refractivity contribution in [2.45, 2.75) is 50.7 Å². The van der Waals surface area contributed by atoms with Gasteiger partial charge in [-0.3, -0.25) is 4.40 Å². The molecule has 2 amide bonds. The predicted molar refractivity (Wildman–Crippen MR) is 93.3 cm³/mol. The molecule has 1 saturated heterocycles. The molecule has 2 fully saturated rings. The maximum absolute atomic E-state index is 12.2. The van der Waals surface area contributed by atoms with Crippen molar-refractivity contribution in [1.82, 2.24) is 25.2 Å². The molecule has 7 heteroatoms. The molecule has 3 atom stereocenters. The molecule has 0 spiro atoms. The van der Waals surface area contributed by atoms with E-state index < -0.39 is 0 Å². The summed E-state index contributed by atoms with van der Waals surface area (Å²) in [5.74, 6) is 1.41. The molecule has 2 N–H and O–H groups in total. The first-order valence-corrected chi connectivity index (χ1v) is 9.26. The van der Waals surface area contributed by atoms with Gasteiger partial charge in [-0.15, -0.1) is 10.2 Å². The van der Waals surface area contributed by atoms with Crippen molar-refractivity contribution in [3.05, 3.63) is 30.2 Å². The number of amides is 2. The fourth-order valence-electron chi connectivity index (χ4n) is 4.08. The third kappa shape index (κ3) is 3.61. The largest absolute Gasteiger partial charge is 0.378 e. The van der Waals surface area contributed by atoms with Gasteiger partial charge in [0.05, 0.1) is 6.10 Å². The van der Waals surface area contributed by atoms with E-state index in [-0.39, 0.29) is 12.1 Å². The molecule has 2 aromatic heterocycles. The lowest BCUT2D eigenvalue weighted by molar-refractivity contribution is 0.0549. The topological polar surface area (TPSA) is 80.6 Å². The number of carbonyl (C=O) groups is 1. The van der Waals surface area contributed by atoms with Crippen molar-refractivity contribution < 1.29 is 9.53 Å². The van der Waals surface area contributed by atoms with Crippen LogP contribution in [0.5, 0.6) is 0 Å². The standard InChI is InChI=1S/C18H25N5O2/c24-18(20-14-5-3-6-15-13(14)9-12-25-15)19-10-4-8-17-22-21-16-7-1-2-11-23(16)17/h1-2,7,11,13-15H,3-6,8-10,12H2,(H2,19,20,24)/t13-,14+,15+/m0/s1. The molecule has 0 aromatic carbocycles. The third-order valence-electron chi connectivity index (χ3n) is 5.34. The number of carbonyl (C=O) groups excluding carboxylic acids is 1. The van der Waals surface area contributed by atoms with E-state index in [1.54, 1.807) is 0 Å². The van der Waals surface area contributed by atoms with Crippen LogP contribution in [0.2, 0.25) is 0 Å². The monoisotopic (exact) mass is 343 g/mol. The van der Waals surface area contributed by atoms with Crippen molar-refractivity contribution >= 4 is 11.7 Å². The third-order valence-corrected chi connectivity index (χ3v) is 5.34. The zero-order valence-corrected chi connectivity index (χ0v) is 14.4. The Morgan fingerprint density at radius 1 is 1.28 bits per heavy atom. The first-order chi connectivity index (χ1) is 12.3. The minimum atomic E-state index is -0.0661. The van der Waals surface area contributed by atoms with E-state index in [0.29, 0.717) is 18.6 Å². The number of fused-ring (bicyclic) bond motifs is 2. The zero-order chi connectivity index (χ0) is 17.1. The summed E-state index contributed by atoms with van der Waals surface area (Å²) in [6.07, 6.45) is 8.33. The van der Waals surface area contributed by atoms with E-state index in [0.717, 1.165) is 56.6 Å². The molecule has 3 heterocycles. The molecule has 1 aliphatic carbocycles. The highest BCUT2D eigenvalue weighted by Gasteiger charge is 2.38. The second-order valence-electron chi connectivity index (χ2n) is 6.95. The summed E-state index contributed by atoms with van der Waals surface area (Å²) in [5, 5.41) is 14.5. The number of ether oxygens (including phenoxy) is 1. The van der Waals surface area contributed by atoms with Crippen LogP contribution in [0, 0.1) is 5.92 Å². The zero-order valence-electron chi connectivity index (χ0n) is 14.4. The van der Waals surface area contributed by atoms with Crippen molar-refractivity contribution in [2.24, 2.45) is 5.92 Å². The average molecular weight is 343 g/mol. The minimum Gasteiger partial charge on any atom is -0.378 e. The van der Waals surface area contributed by atoms with Crippen LogP contribution < -0.4 is 10.6 Å². The molecular formula is C18H25N5O2. The second kappa shape index (κ2) is 7.39. The number of aromatic nitrogens is 3. The van der Waals surface area contributed by atoms with Crippen LogP contribution in [0.1, 0.15) is 37.9 Å². The number of nitrogens with zero attached hydrogens (tertiary/aromatic N) is 3. The van der Waals surface area contributed by atoms with Crippen LogP contribution in [-0.4, -0.2) is 45.9 Å². The number of hydrogen-bond acceptors (Lipinski definition) is 4. The van der Waals surface area contributed by atoms with Gasteiger partial charge in [0, 0.05) is 37.7 Å². The number of nitrogens with one attached hydrogen (secondary N) is 2. The summed E-state index contributed by atoms with van der Waals surface area (Å²) in [7, 11) is 0. The number of urea groups is 1. The van der Waals surface area contributed by atoms with Gasteiger partial charge in [0.15, 0.2) is 5.65 Å². The van der Waals surface area contributed by atoms with Crippen LogP contribution >= 0.6 is 0 Å². The first-order valence-electron chi connectivity index (χ1n) is 9.26. The Morgan fingerprint density at radius 2 is 2.24 bits per heavy atom. The Balaban J connectivity index is 1.21. The number of hydrogen-bond donors (Lipinski definition) is 2. The molecule has 1 aliphatic heterocycles. The highest BCUT2D eigenvalue weighted by molar-refractivity contribution is 5.74. The normalized spacial score (nSPS) is 25.7. The molecule has 4 rings (SSSR count). The van der Waals surface area contributed by atoms with Gasteiger partial charge < -0.3 is 15.4 Å². The van der Waals surface area contributed by atoms with Crippen LogP contribution in [0.25, 0.3) is 5.65 Å². The Bertz CT molecular complexity index is 731. The second-order valence-corrected chi connectivity index (χ2v) is 6.95. The summed E-state index contributed by atoms with van der Waals surface area (Å²) in [4.78, 5) is 12.2.